The standard InChI is InChI=1S/C11H21N3O/c12-8-1-3-9(4-2-8)14-10-5-6-11(15)13-7-10/h8-10,14H,1-7,12H2,(H,13,15). The number of hydrogen-bond acceptors (Lipinski definition) is 3. The second-order valence-corrected chi connectivity index (χ2v) is 4.82. The van der Waals surface area contributed by atoms with Crippen molar-refractivity contribution in [3.8, 4) is 0 Å². The van der Waals surface area contributed by atoms with Gasteiger partial charge in [0.2, 0.25) is 5.91 Å². The second-order valence-electron chi connectivity index (χ2n) is 4.82. The summed E-state index contributed by atoms with van der Waals surface area (Å²) in [5.41, 5.74) is 5.86. The molecule has 4 nitrogen and oxygen atoms in total. The van der Waals surface area contributed by atoms with Crippen LogP contribution in [0.2, 0.25) is 0 Å². The number of piperidine rings is 1. The Bertz CT molecular complexity index is 214. The number of hydrogen-bond donors (Lipinski definition) is 3. The van der Waals surface area contributed by atoms with Crippen LogP contribution in [0.5, 0.6) is 0 Å². The van der Waals surface area contributed by atoms with E-state index in [1.165, 1.54) is 12.8 Å². The topological polar surface area (TPSA) is 67.1 Å². The van der Waals surface area contributed by atoms with Crippen LogP contribution in [0.25, 0.3) is 0 Å². The number of amides is 1. The summed E-state index contributed by atoms with van der Waals surface area (Å²) < 4.78 is 0. The molecule has 15 heavy (non-hydrogen) atoms. The highest BCUT2D eigenvalue weighted by Gasteiger charge is 2.23. The van der Waals surface area contributed by atoms with E-state index in [9.17, 15) is 4.79 Å². The van der Waals surface area contributed by atoms with Crippen LogP contribution in [0.15, 0.2) is 0 Å². The molecule has 1 aliphatic carbocycles. The van der Waals surface area contributed by atoms with Crippen LogP contribution < -0.4 is 16.4 Å². The Morgan fingerprint density at radius 1 is 1.13 bits per heavy atom. The third-order valence-electron chi connectivity index (χ3n) is 3.51. The predicted molar refractivity (Wildman–Crippen MR) is 59.4 cm³/mol. The van der Waals surface area contributed by atoms with E-state index in [0.29, 0.717) is 24.5 Å². The number of nitrogens with one attached hydrogen (secondary N) is 2. The Morgan fingerprint density at radius 2 is 1.87 bits per heavy atom. The van der Waals surface area contributed by atoms with Crippen molar-refractivity contribution in [3.63, 3.8) is 0 Å². The zero-order valence-corrected chi connectivity index (χ0v) is 9.17. The van der Waals surface area contributed by atoms with Crippen molar-refractivity contribution in [2.45, 2.75) is 56.7 Å². The summed E-state index contributed by atoms with van der Waals surface area (Å²) >= 11 is 0. The van der Waals surface area contributed by atoms with E-state index in [0.717, 1.165) is 25.8 Å². The molecule has 86 valence electrons. The van der Waals surface area contributed by atoms with Crippen LogP contribution in [0.3, 0.4) is 0 Å². The normalized spacial score (nSPS) is 37.4. The third-order valence-corrected chi connectivity index (χ3v) is 3.51. The minimum absolute atomic E-state index is 0.193. The van der Waals surface area contributed by atoms with Crippen molar-refractivity contribution in [1.29, 1.82) is 0 Å². The van der Waals surface area contributed by atoms with Gasteiger partial charge in [0.25, 0.3) is 0 Å². The molecule has 1 aliphatic heterocycles. The monoisotopic (exact) mass is 211 g/mol. The largest absolute Gasteiger partial charge is 0.355 e. The number of rotatable bonds is 2. The molecule has 0 aromatic heterocycles. The van der Waals surface area contributed by atoms with Gasteiger partial charge in [-0.3, -0.25) is 4.79 Å². The molecule has 0 radical (unpaired) electrons. The first-order valence-corrected chi connectivity index (χ1v) is 6.02. The smallest absolute Gasteiger partial charge is 0.220 e. The van der Waals surface area contributed by atoms with Crippen LogP contribution in [0.1, 0.15) is 38.5 Å². The van der Waals surface area contributed by atoms with Gasteiger partial charge in [-0.2, -0.15) is 0 Å². The number of carbonyl (C=O) groups excluding carboxylic acids is 1. The summed E-state index contributed by atoms with van der Waals surface area (Å²) in [6.07, 6.45) is 6.29. The molecule has 1 saturated heterocycles. The highest BCUT2D eigenvalue weighted by Crippen LogP contribution is 2.18. The molecule has 4 heteroatoms. The number of carbonyl (C=O) groups is 1. The van der Waals surface area contributed by atoms with Gasteiger partial charge in [-0.1, -0.05) is 0 Å². The van der Waals surface area contributed by atoms with Gasteiger partial charge in [0.05, 0.1) is 0 Å². The van der Waals surface area contributed by atoms with Crippen molar-refractivity contribution in [1.82, 2.24) is 10.6 Å². The highest BCUT2D eigenvalue weighted by atomic mass is 16.1. The van der Waals surface area contributed by atoms with E-state index in [-0.39, 0.29) is 5.91 Å². The fourth-order valence-corrected chi connectivity index (χ4v) is 2.49. The van der Waals surface area contributed by atoms with E-state index in [2.05, 4.69) is 10.6 Å². The van der Waals surface area contributed by atoms with E-state index in [4.69, 9.17) is 5.73 Å². The Balaban J connectivity index is 1.70. The average molecular weight is 211 g/mol. The molecule has 1 atom stereocenters. The Labute approximate surface area is 91.0 Å². The maximum absolute atomic E-state index is 11.0. The van der Waals surface area contributed by atoms with Gasteiger partial charge in [-0.05, 0) is 32.1 Å². The first-order chi connectivity index (χ1) is 7.24. The second kappa shape index (κ2) is 4.94. The lowest BCUT2D eigenvalue weighted by Crippen LogP contribution is -2.50. The quantitative estimate of drug-likeness (QED) is 0.608. The van der Waals surface area contributed by atoms with Gasteiger partial charge >= 0.3 is 0 Å². The van der Waals surface area contributed by atoms with E-state index < -0.39 is 0 Å². The Kier molecular flexibility index (Phi) is 3.59. The van der Waals surface area contributed by atoms with Crippen LogP contribution in [0, 0.1) is 0 Å². The van der Waals surface area contributed by atoms with E-state index in [1.54, 1.807) is 0 Å². The molecular weight excluding hydrogens is 190 g/mol. The molecule has 1 amide bonds. The van der Waals surface area contributed by atoms with Gasteiger partial charge in [-0.25, -0.2) is 0 Å². The molecule has 2 aliphatic rings. The lowest BCUT2D eigenvalue weighted by atomic mass is 9.91. The minimum Gasteiger partial charge on any atom is -0.355 e. The van der Waals surface area contributed by atoms with Gasteiger partial charge < -0.3 is 16.4 Å². The highest BCUT2D eigenvalue weighted by molar-refractivity contribution is 5.76. The van der Waals surface area contributed by atoms with Gasteiger partial charge in [0, 0.05) is 31.1 Å². The van der Waals surface area contributed by atoms with Crippen molar-refractivity contribution < 1.29 is 4.79 Å². The summed E-state index contributed by atoms with van der Waals surface area (Å²) in [5.74, 6) is 0.193. The first-order valence-electron chi connectivity index (χ1n) is 6.02. The molecule has 0 bridgehead atoms. The van der Waals surface area contributed by atoms with Crippen LogP contribution in [-0.4, -0.2) is 30.6 Å². The summed E-state index contributed by atoms with van der Waals surface area (Å²) in [6.45, 7) is 0.793. The summed E-state index contributed by atoms with van der Waals surface area (Å²) in [4.78, 5) is 11.0. The maximum Gasteiger partial charge on any atom is 0.220 e. The van der Waals surface area contributed by atoms with E-state index in [1.807, 2.05) is 0 Å². The summed E-state index contributed by atoms with van der Waals surface area (Å²) in [5, 5.41) is 6.53. The van der Waals surface area contributed by atoms with Gasteiger partial charge in [0.1, 0.15) is 0 Å². The molecule has 0 aromatic carbocycles. The molecule has 1 unspecified atom stereocenters. The molecule has 2 rings (SSSR count). The Morgan fingerprint density at radius 3 is 2.47 bits per heavy atom. The number of nitrogens with two attached hydrogens (primary N) is 1. The zero-order chi connectivity index (χ0) is 10.7. The summed E-state index contributed by atoms with van der Waals surface area (Å²) in [7, 11) is 0. The molecule has 0 aromatic rings. The van der Waals surface area contributed by atoms with Crippen LogP contribution in [0.4, 0.5) is 0 Å². The fraction of sp³-hybridized carbons (Fsp3) is 0.909. The fourth-order valence-electron chi connectivity index (χ4n) is 2.49. The lowest BCUT2D eigenvalue weighted by molar-refractivity contribution is -0.122. The Hall–Kier alpha value is -0.610. The molecule has 1 heterocycles. The van der Waals surface area contributed by atoms with Crippen molar-refractivity contribution in [2.24, 2.45) is 5.73 Å². The molecule has 0 spiro atoms. The average Bonchev–Trinajstić information content (AvgIpc) is 2.25. The van der Waals surface area contributed by atoms with Crippen molar-refractivity contribution in [2.75, 3.05) is 6.54 Å². The molecule has 2 fully saturated rings. The predicted octanol–water partition coefficient (Wildman–Crippen LogP) is 0.124. The third kappa shape index (κ3) is 3.18. The minimum atomic E-state index is 0.193. The molecular formula is C11H21N3O. The van der Waals surface area contributed by atoms with Crippen LogP contribution >= 0.6 is 0 Å². The first kappa shape index (κ1) is 10.9. The molecule has 1 saturated carbocycles. The van der Waals surface area contributed by atoms with Gasteiger partial charge in [0.15, 0.2) is 0 Å². The zero-order valence-electron chi connectivity index (χ0n) is 9.17. The van der Waals surface area contributed by atoms with Crippen molar-refractivity contribution >= 4 is 5.91 Å². The summed E-state index contributed by atoms with van der Waals surface area (Å²) in [6, 6.07) is 1.50. The van der Waals surface area contributed by atoms with Crippen molar-refractivity contribution in [3.05, 3.63) is 0 Å². The SMILES string of the molecule is NC1CCC(NC2CCC(=O)NC2)CC1. The van der Waals surface area contributed by atoms with Gasteiger partial charge in [-0.15, -0.1) is 0 Å². The van der Waals surface area contributed by atoms with E-state index >= 15 is 0 Å². The lowest BCUT2D eigenvalue weighted by Gasteiger charge is -2.32. The molecule has 4 N–H and O–H groups in total. The maximum atomic E-state index is 11.0. The van der Waals surface area contributed by atoms with Crippen LogP contribution in [-0.2, 0) is 4.79 Å².